The predicted octanol–water partition coefficient (Wildman–Crippen LogP) is 1.41. The van der Waals surface area contributed by atoms with E-state index >= 15 is 0 Å². The quantitative estimate of drug-likeness (QED) is 0.656. The van der Waals surface area contributed by atoms with E-state index in [1.54, 1.807) is 13.8 Å². The molecule has 6 heteroatoms. The van der Waals surface area contributed by atoms with Gasteiger partial charge in [-0.2, -0.15) is 5.10 Å². The Morgan fingerprint density at radius 3 is 2.57 bits per heavy atom. The molecule has 122 valence electrons. The second kappa shape index (κ2) is 5.77. The van der Waals surface area contributed by atoms with Crippen molar-refractivity contribution < 1.29 is 19.1 Å². The van der Waals surface area contributed by atoms with Crippen molar-refractivity contribution in [1.29, 1.82) is 0 Å². The second-order valence-corrected chi connectivity index (χ2v) is 5.94. The maximum Gasteiger partial charge on any atom is 0.331 e. The Morgan fingerprint density at radius 2 is 2.00 bits per heavy atom. The number of carbonyl (C=O) groups excluding carboxylic acids is 2. The van der Waals surface area contributed by atoms with Gasteiger partial charge in [-0.05, 0) is 26.3 Å². The average molecular weight is 316 g/mol. The normalized spacial score (nSPS) is 32.0. The standard InChI is InChI=1S/C17H20N2O4/c1-4-22-16(21)14-12(11-8-6-5-7-9-11)13(18-19-14)15(20)17(3)10(2)23-17/h5-10,12,14,19H,4H2,1-3H3/t10?,12-,14-,17?/m1/s1. The molecule has 2 aliphatic rings. The van der Waals surface area contributed by atoms with Crippen LogP contribution in [0.1, 0.15) is 32.3 Å². The minimum Gasteiger partial charge on any atom is -0.464 e. The summed E-state index contributed by atoms with van der Waals surface area (Å²) in [7, 11) is 0. The number of Topliss-reactive ketones (excluding diaryl/α,β-unsaturated/α-hetero) is 1. The summed E-state index contributed by atoms with van der Waals surface area (Å²) in [6.45, 7) is 5.63. The van der Waals surface area contributed by atoms with Crippen LogP contribution < -0.4 is 5.43 Å². The number of ether oxygens (including phenoxy) is 2. The fourth-order valence-electron chi connectivity index (χ4n) is 2.89. The number of carbonyl (C=O) groups is 2. The molecule has 1 saturated heterocycles. The van der Waals surface area contributed by atoms with Gasteiger partial charge in [-0.3, -0.25) is 10.2 Å². The fourth-order valence-corrected chi connectivity index (χ4v) is 2.89. The maximum absolute atomic E-state index is 12.8. The van der Waals surface area contributed by atoms with E-state index in [-0.39, 0.29) is 18.5 Å². The largest absolute Gasteiger partial charge is 0.464 e. The van der Waals surface area contributed by atoms with Gasteiger partial charge in [0, 0.05) is 0 Å². The summed E-state index contributed by atoms with van der Waals surface area (Å²) in [6.07, 6.45) is -0.143. The van der Waals surface area contributed by atoms with Crippen molar-refractivity contribution in [2.45, 2.75) is 44.4 Å². The van der Waals surface area contributed by atoms with Gasteiger partial charge in [0.05, 0.1) is 18.6 Å². The van der Waals surface area contributed by atoms with Gasteiger partial charge in [-0.1, -0.05) is 30.3 Å². The zero-order chi connectivity index (χ0) is 16.6. The number of hydrogen-bond acceptors (Lipinski definition) is 6. The first-order valence-electron chi connectivity index (χ1n) is 7.76. The smallest absolute Gasteiger partial charge is 0.331 e. The molecule has 0 aliphatic carbocycles. The predicted molar refractivity (Wildman–Crippen MR) is 84.1 cm³/mol. The highest BCUT2D eigenvalue weighted by Gasteiger charge is 2.59. The molecule has 2 unspecified atom stereocenters. The molecule has 0 aromatic heterocycles. The van der Waals surface area contributed by atoms with Gasteiger partial charge in [-0.15, -0.1) is 0 Å². The van der Waals surface area contributed by atoms with Gasteiger partial charge in [0.2, 0.25) is 5.78 Å². The summed E-state index contributed by atoms with van der Waals surface area (Å²) in [5, 5.41) is 4.16. The third kappa shape index (κ3) is 2.63. The Kier molecular flexibility index (Phi) is 3.93. The highest BCUT2D eigenvalue weighted by atomic mass is 16.6. The van der Waals surface area contributed by atoms with Crippen LogP contribution in [-0.2, 0) is 19.1 Å². The van der Waals surface area contributed by atoms with Gasteiger partial charge in [0.1, 0.15) is 5.71 Å². The Labute approximate surface area is 134 Å². The number of benzene rings is 1. The van der Waals surface area contributed by atoms with Crippen LogP contribution in [0.4, 0.5) is 0 Å². The molecule has 0 spiro atoms. The zero-order valence-electron chi connectivity index (χ0n) is 13.4. The first kappa shape index (κ1) is 15.7. The lowest BCUT2D eigenvalue weighted by Gasteiger charge is -2.20. The molecular formula is C17H20N2O4. The number of nitrogens with one attached hydrogen (secondary N) is 1. The van der Waals surface area contributed by atoms with Crippen molar-refractivity contribution in [2.75, 3.05) is 6.61 Å². The lowest BCUT2D eigenvalue weighted by Crippen LogP contribution is -2.41. The van der Waals surface area contributed by atoms with Gasteiger partial charge < -0.3 is 9.47 Å². The number of hydrogen-bond donors (Lipinski definition) is 1. The topological polar surface area (TPSA) is 80.3 Å². The van der Waals surface area contributed by atoms with Gasteiger partial charge in [-0.25, -0.2) is 4.79 Å². The van der Waals surface area contributed by atoms with Gasteiger partial charge >= 0.3 is 5.97 Å². The lowest BCUT2D eigenvalue weighted by atomic mass is 9.83. The van der Waals surface area contributed by atoms with E-state index in [1.165, 1.54) is 0 Å². The van der Waals surface area contributed by atoms with Crippen molar-refractivity contribution in [3.63, 3.8) is 0 Å². The van der Waals surface area contributed by atoms with Crippen LogP contribution >= 0.6 is 0 Å². The van der Waals surface area contributed by atoms with Crippen LogP contribution in [0.3, 0.4) is 0 Å². The summed E-state index contributed by atoms with van der Waals surface area (Å²) < 4.78 is 10.5. The Bertz CT molecular complexity index is 658. The molecule has 23 heavy (non-hydrogen) atoms. The molecule has 1 aromatic rings. The number of nitrogens with zero attached hydrogens (tertiary/aromatic N) is 1. The molecule has 0 amide bonds. The summed E-state index contributed by atoms with van der Waals surface area (Å²) in [5.41, 5.74) is 3.09. The minimum atomic E-state index is -0.850. The van der Waals surface area contributed by atoms with Crippen molar-refractivity contribution in [2.24, 2.45) is 5.10 Å². The first-order valence-corrected chi connectivity index (χ1v) is 7.76. The van der Waals surface area contributed by atoms with E-state index in [0.29, 0.717) is 5.71 Å². The van der Waals surface area contributed by atoms with Gasteiger partial charge in [0.15, 0.2) is 11.6 Å². The van der Waals surface area contributed by atoms with Crippen LogP contribution in [0.2, 0.25) is 0 Å². The fraction of sp³-hybridized carbons (Fsp3) is 0.471. The number of rotatable bonds is 5. The highest BCUT2D eigenvalue weighted by Crippen LogP contribution is 2.40. The van der Waals surface area contributed by atoms with E-state index in [9.17, 15) is 9.59 Å². The Morgan fingerprint density at radius 1 is 1.35 bits per heavy atom. The van der Waals surface area contributed by atoms with Crippen LogP contribution in [0.25, 0.3) is 0 Å². The van der Waals surface area contributed by atoms with E-state index in [1.807, 2.05) is 37.3 Å². The summed E-state index contributed by atoms with van der Waals surface area (Å²) >= 11 is 0. The number of hydrazone groups is 1. The molecule has 0 radical (unpaired) electrons. The molecule has 6 nitrogen and oxygen atoms in total. The second-order valence-electron chi connectivity index (χ2n) is 5.94. The zero-order valence-corrected chi connectivity index (χ0v) is 13.4. The Hall–Kier alpha value is -2.21. The van der Waals surface area contributed by atoms with Crippen LogP contribution in [-0.4, -0.2) is 41.8 Å². The van der Waals surface area contributed by atoms with Crippen LogP contribution in [0.5, 0.6) is 0 Å². The molecule has 2 heterocycles. The van der Waals surface area contributed by atoms with Crippen molar-refractivity contribution >= 4 is 17.5 Å². The summed E-state index contributed by atoms with van der Waals surface area (Å²) in [6, 6.07) is 8.69. The molecular weight excluding hydrogens is 296 g/mol. The SMILES string of the molecule is CCOC(=O)[C@@H]1NN=C(C(=O)C2(C)OC2C)[C@H]1c1ccccc1. The summed E-state index contributed by atoms with van der Waals surface area (Å²) in [5.74, 6) is -1.07. The maximum atomic E-state index is 12.8. The molecule has 1 N–H and O–H groups in total. The molecule has 0 bridgehead atoms. The Balaban J connectivity index is 1.93. The summed E-state index contributed by atoms with van der Waals surface area (Å²) in [4.78, 5) is 25.0. The first-order chi connectivity index (χ1) is 11.0. The third-order valence-electron chi connectivity index (χ3n) is 4.47. The molecule has 4 atom stereocenters. The minimum absolute atomic E-state index is 0.143. The number of epoxide rings is 1. The lowest BCUT2D eigenvalue weighted by molar-refractivity contribution is -0.145. The number of esters is 1. The molecule has 3 rings (SSSR count). The molecule has 2 aliphatic heterocycles. The van der Waals surface area contributed by atoms with Crippen molar-refractivity contribution in [3.8, 4) is 0 Å². The third-order valence-corrected chi connectivity index (χ3v) is 4.47. The number of ketones is 1. The van der Waals surface area contributed by atoms with E-state index < -0.39 is 23.5 Å². The van der Waals surface area contributed by atoms with E-state index in [2.05, 4.69) is 10.5 Å². The average Bonchev–Trinajstić information content (AvgIpc) is 3.00. The van der Waals surface area contributed by atoms with E-state index in [4.69, 9.17) is 9.47 Å². The monoisotopic (exact) mass is 316 g/mol. The van der Waals surface area contributed by atoms with Crippen molar-refractivity contribution in [1.82, 2.24) is 5.43 Å². The molecule has 0 saturated carbocycles. The highest BCUT2D eigenvalue weighted by molar-refractivity contribution is 6.46. The van der Waals surface area contributed by atoms with Crippen LogP contribution in [0.15, 0.2) is 35.4 Å². The van der Waals surface area contributed by atoms with Crippen molar-refractivity contribution in [3.05, 3.63) is 35.9 Å². The molecule has 1 fully saturated rings. The van der Waals surface area contributed by atoms with Gasteiger partial charge in [0.25, 0.3) is 0 Å². The molecule has 1 aromatic carbocycles. The van der Waals surface area contributed by atoms with E-state index in [0.717, 1.165) is 5.56 Å². The van der Waals surface area contributed by atoms with Crippen LogP contribution in [0, 0.1) is 0 Å².